The van der Waals surface area contributed by atoms with Crippen molar-refractivity contribution < 1.29 is 9.90 Å². The molecule has 0 saturated carbocycles. The molecule has 0 aliphatic carbocycles. The van der Waals surface area contributed by atoms with Crippen LogP contribution in [0.1, 0.15) is 47.5 Å². The normalized spacial score (nSPS) is 11.0. The van der Waals surface area contributed by atoms with Crippen molar-refractivity contribution in [2.45, 2.75) is 33.1 Å². The van der Waals surface area contributed by atoms with Crippen molar-refractivity contribution in [1.29, 1.82) is 0 Å². The second-order valence-corrected chi connectivity index (χ2v) is 6.12. The lowest BCUT2D eigenvalue weighted by Crippen LogP contribution is -2.00. The van der Waals surface area contributed by atoms with Crippen molar-refractivity contribution in [2.75, 3.05) is 5.73 Å². The van der Waals surface area contributed by atoms with Crippen LogP contribution in [0.2, 0.25) is 0 Å². The summed E-state index contributed by atoms with van der Waals surface area (Å²) in [5, 5.41) is 9.24. The van der Waals surface area contributed by atoms with E-state index in [1.807, 2.05) is 26.0 Å². The maximum absolute atomic E-state index is 11.3. The third kappa shape index (κ3) is 2.56. The van der Waals surface area contributed by atoms with Gasteiger partial charge in [-0.15, -0.1) is 11.3 Å². The number of anilines is 1. The fraction of sp³-hybridized carbons (Fsp3) is 0.312. The van der Waals surface area contributed by atoms with Crippen LogP contribution < -0.4 is 5.73 Å². The summed E-state index contributed by atoms with van der Waals surface area (Å²) in [6.45, 7) is 6.18. The predicted molar refractivity (Wildman–Crippen MR) is 84.6 cm³/mol. The molecule has 0 unspecified atom stereocenters. The monoisotopic (exact) mass is 289 g/mol. The minimum atomic E-state index is -0.953. The number of hydrogen-bond acceptors (Lipinski definition) is 3. The summed E-state index contributed by atoms with van der Waals surface area (Å²) in [5.74, 6) is -0.758. The zero-order valence-electron chi connectivity index (χ0n) is 11.9. The number of nitrogens with two attached hydrogens (primary N) is 1. The highest BCUT2D eigenvalue weighted by atomic mass is 32.1. The van der Waals surface area contributed by atoms with Gasteiger partial charge in [0.25, 0.3) is 0 Å². The maximum Gasteiger partial charge on any atom is 0.348 e. The molecule has 0 aliphatic heterocycles. The summed E-state index contributed by atoms with van der Waals surface area (Å²) in [4.78, 5) is 12.5. The topological polar surface area (TPSA) is 63.3 Å². The average Bonchev–Trinajstić information content (AvgIpc) is 2.76. The number of nitrogen functional groups attached to an aromatic ring is 1. The molecular formula is C16H19NO2S. The first-order chi connectivity index (χ1) is 9.45. The van der Waals surface area contributed by atoms with Crippen LogP contribution >= 0.6 is 11.3 Å². The van der Waals surface area contributed by atoms with Gasteiger partial charge in [0.15, 0.2) is 0 Å². The average molecular weight is 289 g/mol. The van der Waals surface area contributed by atoms with Crippen molar-refractivity contribution in [2.24, 2.45) is 0 Å². The van der Waals surface area contributed by atoms with Crippen molar-refractivity contribution in [3.63, 3.8) is 0 Å². The second-order valence-electron chi connectivity index (χ2n) is 5.10. The molecule has 2 aromatic rings. The van der Waals surface area contributed by atoms with Gasteiger partial charge >= 0.3 is 5.97 Å². The molecule has 1 aromatic carbocycles. The largest absolute Gasteiger partial charge is 0.477 e. The molecule has 0 atom stereocenters. The summed E-state index contributed by atoms with van der Waals surface area (Å²) < 4.78 is 0. The van der Waals surface area contributed by atoms with Gasteiger partial charge < -0.3 is 10.8 Å². The number of aryl methyl sites for hydroxylation is 1. The third-order valence-corrected chi connectivity index (χ3v) is 4.64. The number of rotatable bonds is 4. The summed E-state index contributed by atoms with van der Waals surface area (Å²) in [6, 6.07) is 8.24. The zero-order valence-corrected chi connectivity index (χ0v) is 12.8. The number of carboxylic acid groups (broad SMARTS) is 1. The Bertz CT molecular complexity index is 627. The van der Waals surface area contributed by atoms with Crippen LogP contribution in [0, 0.1) is 0 Å². The van der Waals surface area contributed by atoms with E-state index in [0.29, 0.717) is 5.69 Å². The van der Waals surface area contributed by atoms with Crippen LogP contribution in [-0.2, 0) is 6.42 Å². The molecule has 106 valence electrons. The molecule has 3 nitrogen and oxygen atoms in total. The van der Waals surface area contributed by atoms with E-state index >= 15 is 0 Å². The van der Waals surface area contributed by atoms with E-state index in [4.69, 9.17) is 5.73 Å². The van der Waals surface area contributed by atoms with Crippen molar-refractivity contribution in [3.8, 4) is 10.4 Å². The molecule has 1 aromatic heterocycles. The van der Waals surface area contributed by atoms with Gasteiger partial charge in [-0.3, -0.25) is 0 Å². The smallest absolute Gasteiger partial charge is 0.348 e. The van der Waals surface area contributed by atoms with Crippen molar-refractivity contribution in [1.82, 2.24) is 0 Å². The number of hydrogen-bond donors (Lipinski definition) is 2. The Balaban J connectivity index is 2.59. The van der Waals surface area contributed by atoms with Gasteiger partial charge in [-0.25, -0.2) is 4.79 Å². The third-order valence-electron chi connectivity index (χ3n) is 3.38. The highest BCUT2D eigenvalue weighted by Crippen LogP contribution is 2.42. The van der Waals surface area contributed by atoms with Gasteiger partial charge in [-0.05, 0) is 29.0 Å². The molecule has 20 heavy (non-hydrogen) atoms. The number of benzene rings is 1. The Labute approximate surface area is 123 Å². The first-order valence-electron chi connectivity index (χ1n) is 6.70. The Morgan fingerprint density at radius 1 is 1.30 bits per heavy atom. The molecule has 0 amide bonds. The number of aromatic carboxylic acids is 1. The quantitative estimate of drug-likeness (QED) is 0.877. The summed E-state index contributed by atoms with van der Waals surface area (Å²) in [6.07, 6.45) is 0.990. The lowest BCUT2D eigenvalue weighted by molar-refractivity contribution is 0.0703. The highest BCUT2D eigenvalue weighted by molar-refractivity contribution is 7.18. The molecule has 0 bridgehead atoms. The maximum atomic E-state index is 11.3. The zero-order chi connectivity index (χ0) is 14.9. The first-order valence-corrected chi connectivity index (χ1v) is 7.52. The molecule has 0 saturated heterocycles. The van der Waals surface area contributed by atoms with E-state index in [2.05, 4.69) is 19.1 Å². The molecule has 0 radical (unpaired) electrons. The summed E-state index contributed by atoms with van der Waals surface area (Å²) in [5.41, 5.74) is 9.68. The number of thiophene rings is 1. The Morgan fingerprint density at radius 2 is 1.90 bits per heavy atom. The number of carbonyl (C=O) groups is 1. The predicted octanol–water partition coefficient (Wildman–Crippen LogP) is 4.38. The van der Waals surface area contributed by atoms with E-state index in [-0.39, 0.29) is 10.8 Å². The van der Waals surface area contributed by atoms with Gasteiger partial charge in [0, 0.05) is 4.88 Å². The molecule has 3 N–H and O–H groups in total. The highest BCUT2D eigenvalue weighted by Gasteiger charge is 2.23. The molecule has 0 spiro atoms. The van der Waals surface area contributed by atoms with Crippen LogP contribution in [0.5, 0.6) is 0 Å². The molecule has 0 fully saturated rings. The van der Waals surface area contributed by atoms with Crippen molar-refractivity contribution >= 4 is 23.0 Å². The first kappa shape index (κ1) is 14.6. The van der Waals surface area contributed by atoms with Crippen LogP contribution in [0.15, 0.2) is 24.3 Å². The van der Waals surface area contributed by atoms with E-state index in [9.17, 15) is 9.90 Å². The van der Waals surface area contributed by atoms with Crippen LogP contribution in [-0.4, -0.2) is 11.1 Å². The van der Waals surface area contributed by atoms with Crippen LogP contribution in [0.3, 0.4) is 0 Å². The lowest BCUT2D eigenvalue weighted by Gasteiger charge is -2.09. The molecule has 1 heterocycles. The van der Waals surface area contributed by atoms with Crippen molar-refractivity contribution in [3.05, 3.63) is 40.3 Å². The minimum Gasteiger partial charge on any atom is -0.477 e. The van der Waals surface area contributed by atoms with Gasteiger partial charge in [0.2, 0.25) is 0 Å². The van der Waals surface area contributed by atoms with E-state index in [1.165, 1.54) is 16.9 Å². The van der Waals surface area contributed by atoms with Crippen LogP contribution in [0.25, 0.3) is 10.4 Å². The van der Waals surface area contributed by atoms with Gasteiger partial charge in [0.05, 0.1) is 5.69 Å². The standard InChI is InChI=1S/C16H19NO2S/c1-4-10-5-7-11(8-6-10)14-12(9(2)3)13(17)15(20-14)16(18)19/h5-9H,4,17H2,1-3H3,(H,18,19). The Kier molecular flexibility index (Phi) is 4.14. The molecule has 2 rings (SSSR count). The van der Waals surface area contributed by atoms with Crippen LogP contribution in [0.4, 0.5) is 5.69 Å². The fourth-order valence-electron chi connectivity index (χ4n) is 2.29. The summed E-state index contributed by atoms with van der Waals surface area (Å²) >= 11 is 1.26. The van der Waals surface area contributed by atoms with Gasteiger partial charge in [-0.1, -0.05) is 45.0 Å². The molecule has 0 aliphatic rings. The Morgan fingerprint density at radius 3 is 2.35 bits per heavy atom. The Hall–Kier alpha value is -1.81. The minimum absolute atomic E-state index is 0.195. The van der Waals surface area contributed by atoms with E-state index in [1.54, 1.807) is 0 Å². The van der Waals surface area contributed by atoms with E-state index < -0.39 is 5.97 Å². The number of carboxylic acids is 1. The fourth-order valence-corrected chi connectivity index (χ4v) is 3.52. The second kappa shape index (κ2) is 5.67. The molecular weight excluding hydrogens is 270 g/mol. The van der Waals surface area contributed by atoms with E-state index in [0.717, 1.165) is 22.4 Å². The SMILES string of the molecule is CCc1ccc(-c2sc(C(=O)O)c(N)c2C(C)C)cc1. The lowest BCUT2D eigenvalue weighted by atomic mass is 9.97. The van der Waals surface area contributed by atoms with Gasteiger partial charge in [0.1, 0.15) is 4.88 Å². The van der Waals surface area contributed by atoms with Gasteiger partial charge in [-0.2, -0.15) is 0 Å². The molecule has 4 heteroatoms. The summed E-state index contributed by atoms with van der Waals surface area (Å²) in [7, 11) is 0.